The van der Waals surface area contributed by atoms with Crippen LogP contribution in [0.1, 0.15) is 48.6 Å². The van der Waals surface area contributed by atoms with Gasteiger partial charge in [-0.1, -0.05) is 55.4 Å². The summed E-state index contributed by atoms with van der Waals surface area (Å²) in [6, 6.07) is 9.96. The molecule has 5 rings (SSSR count). The second-order valence-electron chi connectivity index (χ2n) is 8.16. The molecule has 0 saturated carbocycles. The van der Waals surface area contributed by atoms with Crippen LogP contribution < -0.4 is 5.32 Å². The monoisotopic (exact) mass is 462 g/mol. The number of rotatable bonds is 7. The topological polar surface area (TPSA) is 67.8 Å². The highest BCUT2D eigenvalue weighted by molar-refractivity contribution is 8.00. The summed E-state index contributed by atoms with van der Waals surface area (Å²) in [5.41, 5.74) is 6.27. The van der Waals surface area contributed by atoms with Crippen molar-refractivity contribution in [2.24, 2.45) is 0 Å². The Bertz CT molecular complexity index is 1270. The van der Waals surface area contributed by atoms with E-state index >= 15 is 0 Å². The Morgan fingerprint density at radius 3 is 2.75 bits per heavy atom. The van der Waals surface area contributed by atoms with Gasteiger partial charge in [0.1, 0.15) is 16.2 Å². The van der Waals surface area contributed by atoms with Gasteiger partial charge in [0.15, 0.2) is 0 Å². The van der Waals surface area contributed by atoms with Crippen LogP contribution in [0.2, 0.25) is 0 Å². The Balaban J connectivity index is 1.42. The molecule has 1 amide bonds. The van der Waals surface area contributed by atoms with E-state index in [1.54, 1.807) is 17.7 Å². The summed E-state index contributed by atoms with van der Waals surface area (Å²) in [4.78, 5) is 27.7. The van der Waals surface area contributed by atoms with Gasteiger partial charge in [-0.3, -0.25) is 4.79 Å². The van der Waals surface area contributed by atoms with Crippen molar-refractivity contribution in [1.29, 1.82) is 0 Å². The number of pyridine rings is 1. The number of aromatic nitrogens is 3. The summed E-state index contributed by atoms with van der Waals surface area (Å²) in [6.07, 6.45) is 8.46. The highest BCUT2D eigenvalue weighted by Crippen LogP contribution is 2.41. The molecule has 1 N–H and O–H groups in total. The van der Waals surface area contributed by atoms with Crippen molar-refractivity contribution in [2.75, 3.05) is 5.75 Å². The van der Waals surface area contributed by atoms with Crippen LogP contribution in [-0.4, -0.2) is 26.6 Å². The van der Waals surface area contributed by atoms with Gasteiger partial charge in [-0.05, 0) is 48.8 Å². The van der Waals surface area contributed by atoms with E-state index in [1.807, 2.05) is 30.3 Å². The maximum absolute atomic E-state index is 12.4. The van der Waals surface area contributed by atoms with Gasteiger partial charge in [0.25, 0.3) is 0 Å². The molecule has 0 saturated heterocycles. The third-order valence-corrected chi connectivity index (χ3v) is 8.13. The van der Waals surface area contributed by atoms with Crippen LogP contribution in [0.4, 0.5) is 0 Å². The average molecular weight is 463 g/mol. The number of thioether (sulfide) groups is 1. The summed E-state index contributed by atoms with van der Waals surface area (Å²) < 4.78 is 1.05. The van der Waals surface area contributed by atoms with E-state index in [-0.39, 0.29) is 5.91 Å². The minimum absolute atomic E-state index is 0.00691. The van der Waals surface area contributed by atoms with Gasteiger partial charge in [0.2, 0.25) is 5.91 Å². The van der Waals surface area contributed by atoms with Crippen molar-refractivity contribution in [3.05, 3.63) is 59.0 Å². The molecular formula is C25H26N4OS2. The molecule has 1 aliphatic rings. The van der Waals surface area contributed by atoms with E-state index in [9.17, 15) is 4.79 Å². The number of carbonyl (C=O) groups is 1. The molecule has 32 heavy (non-hydrogen) atoms. The summed E-state index contributed by atoms with van der Waals surface area (Å²) >= 11 is 3.15. The third-order valence-electron chi connectivity index (χ3n) is 5.93. The van der Waals surface area contributed by atoms with Crippen molar-refractivity contribution in [2.45, 2.75) is 57.0 Å². The molecule has 0 aliphatic heterocycles. The maximum atomic E-state index is 12.4. The molecule has 0 bridgehead atoms. The number of amides is 1. The number of carbonyl (C=O) groups excluding carboxylic acids is 1. The number of benzene rings is 1. The van der Waals surface area contributed by atoms with Crippen molar-refractivity contribution in [3.8, 4) is 0 Å². The quantitative estimate of drug-likeness (QED) is 0.291. The lowest BCUT2D eigenvalue weighted by atomic mass is 9.88. The number of nitrogens with zero attached hydrogens (tertiary/aromatic N) is 3. The van der Waals surface area contributed by atoms with Crippen LogP contribution in [0.15, 0.2) is 41.7 Å². The zero-order chi connectivity index (χ0) is 21.9. The number of hydrogen-bond donors (Lipinski definition) is 1. The van der Waals surface area contributed by atoms with Crippen LogP contribution in [0.3, 0.4) is 0 Å². The SMILES string of the molecule is CCCc1nc2sc3c(SCC(=O)NCc4ccccc4)ncnc3c2c2c1CCCC2. The van der Waals surface area contributed by atoms with Gasteiger partial charge in [-0.15, -0.1) is 11.3 Å². The van der Waals surface area contributed by atoms with Gasteiger partial charge in [-0.2, -0.15) is 0 Å². The fraction of sp³-hybridized carbons (Fsp3) is 0.360. The van der Waals surface area contributed by atoms with Crippen molar-refractivity contribution in [3.63, 3.8) is 0 Å². The lowest BCUT2D eigenvalue weighted by Crippen LogP contribution is -2.24. The fourth-order valence-electron chi connectivity index (χ4n) is 4.44. The molecular weight excluding hydrogens is 436 g/mol. The van der Waals surface area contributed by atoms with Crippen molar-refractivity contribution >= 4 is 49.4 Å². The maximum Gasteiger partial charge on any atom is 0.230 e. The van der Waals surface area contributed by atoms with Gasteiger partial charge < -0.3 is 5.32 Å². The molecule has 4 aromatic rings. The molecule has 1 aliphatic carbocycles. The predicted molar refractivity (Wildman–Crippen MR) is 132 cm³/mol. The highest BCUT2D eigenvalue weighted by Gasteiger charge is 2.23. The zero-order valence-corrected chi connectivity index (χ0v) is 19.8. The predicted octanol–water partition coefficient (Wildman–Crippen LogP) is 5.48. The minimum Gasteiger partial charge on any atom is -0.351 e. The average Bonchev–Trinajstić information content (AvgIpc) is 3.21. The first kappa shape index (κ1) is 21.3. The van der Waals surface area contributed by atoms with Crippen LogP contribution in [0.5, 0.6) is 0 Å². The molecule has 3 heterocycles. The normalized spacial score (nSPS) is 13.4. The van der Waals surface area contributed by atoms with Gasteiger partial charge in [0.05, 0.1) is 16.0 Å². The Morgan fingerprint density at radius 1 is 1.12 bits per heavy atom. The smallest absolute Gasteiger partial charge is 0.230 e. The Labute approximate surface area is 196 Å². The molecule has 164 valence electrons. The Hall–Kier alpha value is -2.51. The number of nitrogens with one attached hydrogen (secondary N) is 1. The van der Waals surface area contributed by atoms with Crippen molar-refractivity contribution < 1.29 is 4.79 Å². The van der Waals surface area contributed by atoms with Crippen molar-refractivity contribution in [1.82, 2.24) is 20.3 Å². The van der Waals surface area contributed by atoms with Crippen LogP contribution in [-0.2, 0) is 30.6 Å². The summed E-state index contributed by atoms with van der Waals surface area (Å²) in [6.45, 7) is 2.76. The number of thiophene rings is 1. The third kappa shape index (κ3) is 4.24. The number of fused-ring (bicyclic) bond motifs is 5. The molecule has 1 aromatic carbocycles. The second kappa shape index (κ2) is 9.55. The molecule has 0 unspecified atom stereocenters. The van der Waals surface area contributed by atoms with Crippen LogP contribution in [0.25, 0.3) is 20.4 Å². The lowest BCUT2D eigenvalue weighted by Gasteiger charge is -2.19. The van der Waals surface area contributed by atoms with E-state index in [0.717, 1.165) is 51.3 Å². The zero-order valence-electron chi connectivity index (χ0n) is 18.2. The number of aryl methyl sites for hydroxylation is 2. The Morgan fingerprint density at radius 2 is 1.94 bits per heavy atom. The van der Waals surface area contributed by atoms with E-state index in [0.29, 0.717) is 12.3 Å². The standard InChI is InChI=1S/C25H26N4OS2/c1-2-8-19-17-11-6-7-12-18(17)21-22-23(32-24(21)29-19)25(28-15-27-22)31-14-20(30)26-13-16-9-4-3-5-10-16/h3-5,9-10,15H,2,6-8,11-14H2,1H3,(H,26,30). The summed E-state index contributed by atoms with van der Waals surface area (Å²) in [5.74, 6) is 0.340. The minimum atomic E-state index is 0.00691. The van der Waals surface area contributed by atoms with Gasteiger partial charge in [0, 0.05) is 17.6 Å². The van der Waals surface area contributed by atoms with E-state index < -0.39 is 0 Å². The van der Waals surface area contributed by atoms with Gasteiger partial charge in [-0.25, -0.2) is 15.0 Å². The fourth-order valence-corrected chi connectivity index (χ4v) is 6.53. The number of hydrogen-bond acceptors (Lipinski definition) is 6. The van der Waals surface area contributed by atoms with E-state index in [1.165, 1.54) is 46.8 Å². The van der Waals surface area contributed by atoms with Gasteiger partial charge >= 0.3 is 0 Å². The summed E-state index contributed by atoms with van der Waals surface area (Å²) in [5, 5.41) is 5.08. The molecule has 7 heteroatoms. The second-order valence-corrected chi connectivity index (χ2v) is 10.1. The Kier molecular flexibility index (Phi) is 6.37. The first-order valence-electron chi connectivity index (χ1n) is 11.3. The van der Waals surface area contributed by atoms with E-state index in [4.69, 9.17) is 4.98 Å². The molecule has 3 aromatic heterocycles. The molecule has 0 radical (unpaired) electrons. The van der Waals surface area contributed by atoms with Crippen LogP contribution in [0, 0.1) is 0 Å². The summed E-state index contributed by atoms with van der Waals surface area (Å²) in [7, 11) is 0. The molecule has 5 nitrogen and oxygen atoms in total. The largest absolute Gasteiger partial charge is 0.351 e. The van der Waals surface area contributed by atoms with E-state index in [2.05, 4.69) is 22.2 Å². The molecule has 0 atom stereocenters. The first-order valence-corrected chi connectivity index (χ1v) is 13.1. The first-order chi connectivity index (χ1) is 15.7. The molecule has 0 fully saturated rings. The highest BCUT2D eigenvalue weighted by atomic mass is 32.2. The van der Waals surface area contributed by atoms with Crippen LogP contribution >= 0.6 is 23.1 Å². The lowest BCUT2D eigenvalue weighted by molar-refractivity contribution is -0.118. The molecule has 0 spiro atoms.